The third-order valence-corrected chi connectivity index (χ3v) is 7.47. The fourth-order valence-corrected chi connectivity index (χ4v) is 5.68. The van der Waals surface area contributed by atoms with Crippen LogP contribution in [-0.2, 0) is 0 Å². The Balaban J connectivity index is 1.41. The van der Waals surface area contributed by atoms with Gasteiger partial charge in [0.05, 0.1) is 12.1 Å². The van der Waals surface area contributed by atoms with Crippen molar-refractivity contribution in [2.24, 2.45) is 0 Å². The molecule has 0 atom stereocenters. The third-order valence-electron chi connectivity index (χ3n) is 7.47. The normalized spacial score (nSPS) is 11.7. The van der Waals surface area contributed by atoms with Crippen LogP contribution < -0.4 is 0 Å². The molecule has 3 nitrogen and oxygen atoms in total. The summed E-state index contributed by atoms with van der Waals surface area (Å²) in [6.45, 7) is 7.54. The second-order valence-corrected chi connectivity index (χ2v) is 9.61. The van der Waals surface area contributed by atoms with Crippen LogP contribution in [-0.4, -0.2) is 0 Å². The fraction of sp³-hybridized carbons (Fsp3) is 0. The van der Waals surface area contributed by atoms with Crippen LogP contribution >= 0.6 is 0 Å². The highest BCUT2D eigenvalue weighted by Gasteiger charge is 2.21. The fourth-order valence-electron chi connectivity index (χ4n) is 5.68. The molecule has 0 N–H and O–H groups in total. The monoisotopic (exact) mass is 485 g/mol. The van der Waals surface area contributed by atoms with Gasteiger partial charge in [0, 0.05) is 21.5 Å². The lowest BCUT2D eigenvalue weighted by Gasteiger charge is -2.09. The highest BCUT2D eigenvalue weighted by molar-refractivity contribution is 6.22. The molecule has 2 heterocycles. The number of furan rings is 2. The van der Waals surface area contributed by atoms with Gasteiger partial charge in [-0.25, -0.2) is 4.85 Å². The molecule has 0 aliphatic carbocycles. The van der Waals surface area contributed by atoms with Gasteiger partial charge in [0.1, 0.15) is 22.3 Å². The zero-order chi connectivity index (χ0) is 25.2. The molecule has 0 saturated carbocycles. The van der Waals surface area contributed by atoms with Crippen molar-refractivity contribution in [3.8, 4) is 22.3 Å². The Morgan fingerprint density at radius 2 is 1.05 bits per heavy atom. The van der Waals surface area contributed by atoms with E-state index in [1.165, 1.54) is 0 Å². The van der Waals surface area contributed by atoms with Crippen LogP contribution in [0, 0.1) is 6.57 Å². The van der Waals surface area contributed by atoms with Crippen molar-refractivity contribution in [2.75, 3.05) is 0 Å². The summed E-state index contributed by atoms with van der Waals surface area (Å²) in [6.07, 6.45) is 0. The molecular formula is C35H19NO2. The molecule has 6 aromatic carbocycles. The van der Waals surface area contributed by atoms with E-state index in [0.29, 0.717) is 5.69 Å². The molecule has 8 rings (SSSR count). The number of benzene rings is 6. The molecule has 0 aliphatic heterocycles. The third kappa shape index (κ3) is 2.95. The van der Waals surface area contributed by atoms with Crippen molar-refractivity contribution in [3.05, 3.63) is 127 Å². The van der Waals surface area contributed by atoms with Crippen molar-refractivity contribution in [1.82, 2.24) is 0 Å². The highest BCUT2D eigenvalue weighted by Crippen LogP contribution is 2.45. The number of para-hydroxylation sites is 3. The number of hydrogen-bond acceptors (Lipinski definition) is 2. The van der Waals surface area contributed by atoms with E-state index in [-0.39, 0.29) is 0 Å². The van der Waals surface area contributed by atoms with E-state index in [4.69, 9.17) is 15.4 Å². The number of rotatable bonds is 2. The van der Waals surface area contributed by atoms with Crippen molar-refractivity contribution in [3.63, 3.8) is 0 Å². The van der Waals surface area contributed by atoms with Gasteiger partial charge in [-0.1, -0.05) is 84.9 Å². The molecule has 0 radical (unpaired) electrons. The second kappa shape index (κ2) is 7.83. The topological polar surface area (TPSA) is 30.6 Å². The van der Waals surface area contributed by atoms with E-state index in [2.05, 4.69) is 71.6 Å². The van der Waals surface area contributed by atoms with Crippen LogP contribution in [0.25, 0.3) is 81.7 Å². The Morgan fingerprint density at radius 1 is 0.500 bits per heavy atom. The van der Waals surface area contributed by atoms with Crippen molar-refractivity contribution in [1.29, 1.82) is 0 Å². The van der Waals surface area contributed by atoms with Gasteiger partial charge in [0.15, 0.2) is 5.69 Å². The van der Waals surface area contributed by atoms with Crippen molar-refractivity contribution >= 4 is 60.3 Å². The zero-order valence-corrected chi connectivity index (χ0v) is 20.2. The van der Waals surface area contributed by atoms with E-state index in [1.807, 2.05) is 48.5 Å². The van der Waals surface area contributed by atoms with Crippen LogP contribution in [0.3, 0.4) is 0 Å². The average molecular weight is 486 g/mol. The molecular weight excluding hydrogens is 466 g/mol. The minimum absolute atomic E-state index is 0.660. The summed E-state index contributed by atoms with van der Waals surface area (Å²) in [5.74, 6) is 0. The molecule has 0 unspecified atom stereocenters. The maximum Gasteiger partial charge on any atom is 0.194 e. The van der Waals surface area contributed by atoms with Crippen LogP contribution in [0.1, 0.15) is 0 Å². The molecule has 0 aliphatic rings. The molecule has 0 bridgehead atoms. The molecule has 8 aromatic rings. The van der Waals surface area contributed by atoms with Gasteiger partial charge in [-0.15, -0.1) is 0 Å². The average Bonchev–Trinajstić information content (AvgIpc) is 3.53. The van der Waals surface area contributed by atoms with Crippen LogP contribution in [0.2, 0.25) is 0 Å². The first-order chi connectivity index (χ1) is 18.8. The van der Waals surface area contributed by atoms with Crippen molar-refractivity contribution in [2.45, 2.75) is 0 Å². The van der Waals surface area contributed by atoms with Gasteiger partial charge in [-0.05, 0) is 57.8 Å². The second-order valence-electron chi connectivity index (χ2n) is 9.61. The highest BCUT2D eigenvalue weighted by atomic mass is 16.3. The lowest BCUT2D eigenvalue weighted by molar-refractivity contribution is 0.658. The Bertz CT molecular complexity index is 2170. The zero-order valence-electron chi connectivity index (χ0n) is 20.2. The first kappa shape index (κ1) is 20.8. The molecule has 176 valence electrons. The largest absolute Gasteiger partial charge is 0.455 e. The smallest absolute Gasteiger partial charge is 0.194 e. The molecule has 3 heteroatoms. The summed E-state index contributed by atoms with van der Waals surface area (Å²) in [6, 6.07) is 39.2. The van der Waals surface area contributed by atoms with E-state index in [1.54, 1.807) is 0 Å². The Labute approximate surface area is 218 Å². The number of hydrogen-bond donors (Lipinski definition) is 0. The summed E-state index contributed by atoms with van der Waals surface area (Å²) < 4.78 is 12.9. The van der Waals surface area contributed by atoms with Gasteiger partial charge in [0.2, 0.25) is 0 Å². The minimum atomic E-state index is 0.660. The predicted molar refractivity (Wildman–Crippen MR) is 156 cm³/mol. The van der Waals surface area contributed by atoms with Gasteiger partial charge in [0.25, 0.3) is 0 Å². The van der Waals surface area contributed by atoms with Crippen LogP contribution in [0.4, 0.5) is 5.69 Å². The van der Waals surface area contributed by atoms with Gasteiger partial charge < -0.3 is 8.83 Å². The van der Waals surface area contributed by atoms with Crippen LogP contribution in [0.5, 0.6) is 0 Å². The molecule has 0 spiro atoms. The summed E-state index contributed by atoms with van der Waals surface area (Å²) >= 11 is 0. The van der Waals surface area contributed by atoms with E-state index in [0.717, 1.165) is 76.9 Å². The number of nitrogens with zero attached hydrogens (tertiary/aromatic N) is 1. The Kier molecular flexibility index (Phi) is 4.29. The maximum absolute atomic E-state index is 7.54. The number of fused-ring (bicyclic) bond motifs is 7. The van der Waals surface area contributed by atoms with Gasteiger partial charge >= 0.3 is 0 Å². The standard InChI is InChI=1S/C35H19NO2/c1-36-30-11-5-2-8-25(30)23-16-14-22-19-24(17-15-21(22)18-23)33-34-28(26-9-3-6-12-31(26)37-34)20-29-27-10-4-7-13-32(27)38-35(29)33/h2-20H. The lowest BCUT2D eigenvalue weighted by atomic mass is 9.95. The van der Waals surface area contributed by atoms with Crippen LogP contribution in [0.15, 0.2) is 124 Å². The maximum atomic E-state index is 7.54. The Morgan fingerprint density at radius 3 is 1.71 bits per heavy atom. The Hall–Kier alpha value is -5.33. The van der Waals surface area contributed by atoms with E-state index in [9.17, 15) is 0 Å². The summed E-state index contributed by atoms with van der Waals surface area (Å²) in [7, 11) is 0. The molecule has 0 amide bonds. The summed E-state index contributed by atoms with van der Waals surface area (Å²) in [5, 5.41) is 6.59. The lowest BCUT2D eigenvalue weighted by Crippen LogP contribution is -1.84. The quantitative estimate of drug-likeness (QED) is 0.228. The molecule has 0 fully saturated rings. The van der Waals surface area contributed by atoms with E-state index >= 15 is 0 Å². The van der Waals surface area contributed by atoms with Crippen molar-refractivity contribution < 1.29 is 8.83 Å². The first-order valence-corrected chi connectivity index (χ1v) is 12.5. The molecule has 38 heavy (non-hydrogen) atoms. The SMILES string of the molecule is [C-]#[N+]c1ccccc1-c1ccc2cc(-c3c4oc5ccccc5c4cc4c3oc3ccccc34)ccc2c1. The predicted octanol–water partition coefficient (Wildman–Crippen LogP) is 10.5. The van der Waals surface area contributed by atoms with E-state index < -0.39 is 0 Å². The molecule has 0 saturated heterocycles. The minimum Gasteiger partial charge on any atom is -0.455 e. The molecule has 2 aromatic heterocycles. The van der Waals surface area contributed by atoms with Gasteiger partial charge in [-0.3, -0.25) is 0 Å². The van der Waals surface area contributed by atoms with Gasteiger partial charge in [-0.2, -0.15) is 0 Å². The summed E-state index contributed by atoms with van der Waals surface area (Å²) in [5.41, 5.74) is 8.05. The first-order valence-electron chi connectivity index (χ1n) is 12.5. The summed E-state index contributed by atoms with van der Waals surface area (Å²) in [4.78, 5) is 3.70.